The molecule has 0 aliphatic carbocycles. The summed E-state index contributed by atoms with van der Waals surface area (Å²) in [6.07, 6.45) is 4.25. The highest BCUT2D eigenvalue weighted by Gasteiger charge is 2.38. The number of benzene rings is 3. The number of carbonyl (C=O) groups excluding carboxylic acids is 3. The Hall–Kier alpha value is -3.75. The number of thioether (sulfide) groups is 1. The fourth-order valence-electron chi connectivity index (χ4n) is 4.64. The second-order valence-electron chi connectivity index (χ2n) is 8.73. The minimum Gasteiger partial charge on any atom is -0.318 e. The van der Waals surface area contributed by atoms with Crippen LogP contribution >= 0.6 is 23.4 Å². The number of imide groups is 1. The van der Waals surface area contributed by atoms with Crippen molar-refractivity contribution >= 4 is 41.0 Å². The first-order chi connectivity index (χ1) is 18.2. The minimum absolute atomic E-state index is 0.0203. The van der Waals surface area contributed by atoms with Crippen molar-refractivity contribution in [1.29, 1.82) is 0 Å². The van der Waals surface area contributed by atoms with E-state index in [2.05, 4.69) is 0 Å². The molecule has 0 spiro atoms. The van der Waals surface area contributed by atoms with Gasteiger partial charge >= 0.3 is 0 Å². The molecule has 0 unspecified atom stereocenters. The molecular formula is C29H21ClF2N2O3S. The number of nitrogens with zero attached hydrogens (tertiary/aromatic N) is 2. The number of carbonyl (C=O) groups is 3. The maximum Gasteiger partial charge on any atom is 0.263 e. The molecule has 0 N–H and O–H groups in total. The van der Waals surface area contributed by atoms with Crippen molar-refractivity contribution in [1.82, 2.24) is 9.47 Å². The lowest BCUT2D eigenvalue weighted by Gasteiger charge is -2.18. The van der Waals surface area contributed by atoms with Crippen LogP contribution in [0.25, 0.3) is 5.69 Å². The molecule has 2 heterocycles. The number of ketones is 1. The molecule has 5 nitrogen and oxygen atoms in total. The maximum atomic E-state index is 14.5. The van der Waals surface area contributed by atoms with Crippen LogP contribution in [0.4, 0.5) is 8.78 Å². The van der Waals surface area contributed by atoms with Gasteiger partial charge in [-0.1, -0.05) is 30.7 Å². The predicted octanol–water partition coefficient (Wildman–Crippen LogP) is 6.72. The van der Waals surface area contributed by atoms with Crippen molar-refractivity contribution in [3.63, 3.8) is 0 Å². The Labute approximate surface area is 227 Å². The van der Waals surface area contributed by atoms with Gasteiger partial charge < -0.3 is 4.57 Å². The lowest BCUT2D eigenvalue weighted by Crippen LogP contribution is -2.30. The van der Waals surface area contributed by atoms with E-state index in [0.717, 1.165) is 17.7 Å². The molecule has 0 radical (unpaired) electrons. The highest BCUT2D eigenvalue weighted by molar-refractivity contribution is 7.98. The molecular weight excluding hydrogens is 530 g/mol. The normalized spacial score (nSPS) is 12.8. The molecule has 0 saturated heterocycles. The summed E-state index contributed by atoms with van der Waals surface area (Å²) in [5, 5.41) is 0.211. The second kappa shape index (κ2) is 10.2. The first kappa shape index (κ1) is 25.9. The van der Waals surface area contributed by atoms with Gasteiger partial charge in [0.15, 0.2) is 0 Å². The molecule has 5 rings (SSSR count). The van der Waals surface area contributed by atoms with E-state index in [4.69, 9.17) is 11.6 Å². The fraction of sp³-hybridized carbons (Fsp3) is 0.138. The Morgan fingerprint density at radius 1 is 0.974 bits per heavy atom. The van der Waals surface area contributed by atoms with E-state index in [1.807, 2.05) is 19.2 Å². The molecule has 0 fully saturated rings. The molecule has 38 heavy (non-hydrogen) atoms. The monoisotopic (exact) mass is 550 g/mol. The number of aromatic nitrogens is 1. The quantitative estimate of drug-likeness (QED) is 0.146. The van der Waals surface area contributed by atoms with E-state index in [0.29, 0.717) is 33.8 Å². The van der Waals surface area contributed by atoms with E-state index >= 15 is 0 Å². The van der Waals surface area contributed by atoms with Gasteiger partial charge in [-0.15, -0.1) is 11.8 Å². The predicted molar refractivity (Wildman–Crippen MR) is 142 cm³/mol. The number of fused-ring (bicyclic) bond motifs is 1. The Morgan fingerprint density at radius 3 is 2.37 bits per heavy atom. The van der Waals surface area contributed by atoms with Crippen LogP contribution in [0.1, 0.15) is 54.8 Å². The van der Waals surface area contributed by atoms with Gasteiger partial charge in [0.1, 0.15) is 11.6 Å². The Kier molecular flexibility index (Phi) is 6.94. The number of amides is 2. The van der Waals surface area contributed by atoms with Crippen LogP contribution in [0, 0.1) is 11.6 Å². The summed E-state index contributed by atoms with van der Waals surface area (Å²) in [7, 11) is 0. The van der Waals surface area contributed by atoms with Crippen LogP contribution in [-0.2, 0) is 13.0 Å². The third-order valence-electron chi connectivity index (χ3n) is 6.52. The molecule has 1 aliphatic heterocycles. The van der Waals surface area contributed by atoms with Crippen molar-refractivity contribution in [2.75, 3.05) is 6.26 Å². The highest BCUT2D eigenvalue weighted by atomic mass is 35.5. The third-order valence-corrected chi connectivity index (χ3v) is 7.53. The highest BCUT2D eigenvalue weighted by Crippen LogP contribution is 2.33. The molecule has 1 aliphatic rings. The van der Waals surface area contributed by atoms with Gasteiger partial charge in [0, 0.05) is 27.4 Å². The smallest absolute Gasteiger partial charge is 0.263 e. The lowest BCUT2D eigenvalue weighted by atomic mass is 10.00. The van der Waals surface area contributed by atoms with Crippen molar-refractivity contribution in [3.8, 4) is 5.69 Å². The molecule has 0 bridgehead atoms. The van der Waals surface area contributed by atoms with Gasteiger partial charge in [-0.3, -0.25) is 19.3 Å². The summed E-state index contributed by atoms with van der Waals surface area (Å²) >= 11 is 7.58. The van der Waals surface area contributed by atoms with Crippen LogP contribution in [0.2, 0.25) is 5.02 Å². The minimum atomic E-state index is -0.987. The summed E-state index contributed by atoms with van der Waals surface area (Å²) in [4.78, 5) is 41.8. The first-order valence-corrected chi connectivity index (χ1v) is 13.4. The number of rotatable bonds is 7. The topological polar surface area (TPSA) is 59.4 Å². The summed E-state index contributed by atoms with van der Waals surface area (Å²) in [6, 6.07) is 14.7. The summed E-state index contributed by atoms with van der Waals surface area (Å²) in [5.41, 5.74) is 1.75. The zero-order valence-electron chi connectivity index (χ0n) is 20.4. The SMILES string of the molecule is CCc1cc(CN2C(=O)c3cccc(SC)c3C2=O)n(-c2ccc(Cl)cc2C(=O)c2c(F)cccc2F)c1. The van der Waals surface area contributed by atoms with Gasteiger partial charge in [-0.2, -0.15) is 0 Å². The molecule has 4 aromatic rings. The van der Waals surface area contributed by atoms with Crippen LogP contribution in [0.15, 0.2) is 71.8 Å². The molecule has 1 aromatic heterocycles. The van der Waals surface area contributed by atoms with Gasteiger partial charge in [0.05, 0.1) is 28.9 Å². The number of hydrogen-bond acceptors (Lipinski definition) is 4. The van der Waals surface area contributed by atoms with Crippen molar-refractivity contribution in [3.05, 3.63) is 117 Å². The average molecular weight is 551 g/mol. The van der Waals surface area contributed by atoms with Gasteiger partial charge in [0.25, 0.3) is 11.8 Å². The first-order valence-electron chi connectivity index (χ1n) is 11.8. The van der Waals surface area contributed by atoms with Gasteiger partial charge in [-0.25, -0.2) is 8.78 Å². The molecule has 3 aromatic carbocycles. The lowest BCUT2D eigenvalue weighted by molar-refractivity contribution is 0.0638. The van der Waals surface area contributed by atoms with Crippen molar-refractivity contribution in [2.45, 2.75) is 24.8 Å². The summed E-state index contributed by atoms with van der Waals surface area (Å²) < 4.78 is 30.7. The van der Waals surface area contributed by atoms with E-state index in [9.17, 15) is 23.2 Å². The standard InChI is InChI=1S/C29H21ClF2N2O3S/c1-3-16-12-18(15-34-28(36)19-6-4-9-24(38-2)25(19)29(34)37)33(14-16)23-11-10-17(30)13-20(23)27(35)26-21(31)7-5-8-22(26)32/h4-14H,3,15H2,1-2H3. The molecule has 0 atom stereocenters. The number of aryl methyl sites for hydroxylation is 1. The Balaban J connectivity index is 1.61. The Morgan fingerprint density at radius 2 is 1.68 bits per heavy atom. The molecule has 9 heteroatoms. The average Bonchev–Trinajstić information content (AvgIpc) is 3.42. The summed E-state index contributed by atoms with van der Waals surface area (Å²) in [5.74, 6) is -3.66. The van der Waals surface area contributed by atoms with Gasteiger partial charge in [0.2, 0.25) is 5.78 Å². The van der Waals surface area contributed by atoms with Crippen LogP contribution in [-0.4, -0.2) is 33.3 Å². The molecule has 192 valence electrons. The third kappa shape index (κ3) is 4.33. The Bertz CT molecular complexity index is 1610. The van der Waals surface area contributed by atoms with E-state index in [-0.39, 0.29) is 17.1 Å². The largest absolute Gasteiger partial charge is 0.318 e. The second-order valence-corrected chi connectivity index (χ2v) is 10.0. The van der Waals surface area contributed by atoms with Crippen LogP contribution < -0.4 is 0 Å². The van der Waals surface area contributed by atoms with Gasteiger partial charge in [-0.05, 0) is 66.8 Å². The van der Waals surface area contributed by atoms with Crippen molar-refractivity contribution in [2.24, 2.45) is 0 Å². The zero-order valence-corrected chi connectivity index (χ0v) is 22.0. The maximum absolute atomic E-state index is 14.5. The molecule has 2 amide bonds. The van der Waals surface area contributed by atoms with Crippen LogP contribution in [0.5, 0.6) is 0 Å². The number of hydrogen-bond donors (Lipinski definition) is 0. The van der Waals surface area contributed by atoms with Crippen molar-refractivity contribution < 1.29 is 23.2 Å². The fourth-order valence-corrected chi connectivity index (χ4v) is 5.42. The summed E-state index contributed by atoms with van der Waals surface area (Å²) in [6.45, 7) is 1.88. The molecule has 0 saturated carbocycles. The van der Waals surface area contributed by atoms with E-state index in [1.54, 1.807) is 41.1 Å². The van der Waals surface area contributed by atoms with E-state index < -0.39 is 34.8 Å². The van der Waals surface area contributed by atoms with Crippen LogP contribution in [0.3, 0.4) is 0 Å². The number of halogens is 3. The zero-order chi connectivity index (χ0) is 27.1. The van der Waals surface area contributed by atoms with E-state index in [1.165, 1.54) is 28.8 Å².